The standard InChI is InChI=1S/C16H23ClN2O/c1-4-9-20-13-5-6-15-14(10-13)18-16(11-17)19(15)8-7-12(2)3/h5-6,10,12H,4,7-9,11H2,1-3H3. The SMILES string of the molecule is CCCOc1ccc2c(c1)nc(CCl)n2CCC(C)C. The van der Waals surface area contributed by atoms with Crippen molar-refractivity contribution < 1.29 is 4.74 Å². The summed E-state index contributed by atoms with van der Waals surface area (Å²) in [5, 5.41) is 0. The molecule has 1 aromatic carbocycles. The van der Waals surface area contributed by atoms with Crippen LogP contribution in [-0.2, 0) is 12.4 Å². The Bertz CT molecular complexity index is 563. The maximum absolute atomic E-state index is 6.03. The van der Waals surface area contributed by atoms with Crippen molar-refractivity contribution in [2.75, 3.05) is 6.61 Å². The largest absolute Gasteiger partial charge is 0.494 e. The lowest BCUT2D eigenvalue weighted by Gasteiger charge is -2.10. The molecule has 0 N–H and O–H groups in total. The minimum Gasteiger partial charge on any atom is -0.494 e. The first kappa shape index (κ1) is 15.2. The molecule has 0 fully saturated rings. The van der Waals surface area contributed by atoms with Crippen molar-refractivity contribution in [3.05, 3.63) is 24.0 Å². The molecule has 0 aliphatic heterocycles. The van der Waals surface area contributed by atoms with E-state index in [4.69, 9.17) is 16.3 Å². The van der Waals surface area contributed by atoms with Gasteiger partial charge in [-0.15, -0.1) is 11.6 Å². The zero-order valence-electron chi connectivity index (χ0n) is 12.5. The van der Waals surface area contributed by atoms with Crippen molar-refractivity contribution in [3.63, 3.8) is 0 Å². The normalized spacial score (nSPS) is 11.4. The van der Waals surface area contributed by atoms with Gasteiger partial charge in [-0.05, 0) is 30.9 Å². The fraction of sp³-hybridized carbons (Fsp3) is 0.562. The van der Waals surface area contributed by atoms with Gasteiger partial charge in [0.1, 0.15) is 11.6 Å². The Morgan fingerprint density at radius 1 is 1.35 bits per heavy atom. The van der Waals surface area contributed by atoms with Gasteiger partial charge in [0.15, 0.2) is 0 Å². The Morgan fingerprint density at radius 3 is 2.80 bits per heavy atom. The third-order valence-corrected chi connectivity index (χ3v) is 3.56. The molecule has 2 rings (SSSR count). The van der Waals surface area contributed by atoms with E-state index in [1.807, 2.05) is 12.1 Å². The van der Waals surface area contributed by atoms with E-state index in [-0.39, 0.29) is 0 Å². The van der Waals surface area contributed by atoms with Gasteiger partial charge in [0.2, 0.25) is 0 Å². The first-order valence-electron chi connectivity index (χ1n) is 7.33. The topological polar surface area (TPSA) is 27.1 Å². The lowest BCUT2D eigenvalue weighted by Crippen LogP contribution is -2.05. The third kappa shape index (κ3) is 3.45. The van der Waals surface area contributed by atoms with E-state index in [0.29, 0.717) is 11.8 Å². The van der Waals surface area contributed by atoms with E-state index >= 15 is 0 Å². The first-order chi connectivity index (χ1) is 9.65. The monoisotopic (exact) mass is 294 g/mol. The number of fused-ring (bicyclic) bond motifs is 1. The Hall–Kier alpha value is -1.22. The zero-order valence-corrected chi connectivity index (χ0v) is 13.3. The molecule has 0 atom stereocenters. The third-order valence-electron chi connectivity index (χ3n) is 3.32. The number of nitrogens with zero attached hydrogens (tertiary/aromatic N) is 2. The van der Waals surface area contributed by atoms with Crippen LogP contribution in [0.5, 0.6) is 5.75 Å². The molecule has 0 bridgehead atoms. The number of ether oxygens (including phenoxy) is 1. The molecule has 1 heterocycles. The summed E-state index contributed by atoms with van der Waals surface area (Å²) in [6, 6.07) is 6.11. The lowest BCUT2D eigenvalue weighted by atomic mass is 10.1. The smallest absolute Gasteiger partial charge is 0.124 e. The van der Waals surface area contributed by atoms with E-state index in [0.717, 1.165) is 48.6 Å². The molecule has 0 radical (unpaired) electrons. The summed E-state index contributed by atoms with van der Waals surface area (Å²) in [5.74, 6) is 2.93. The minimum atomic E-state index is 0.442. The summed E-state index contributed by atoms with van der Waals surface area (Å²) < 4.78 is 7.89. The number of rotatable bonds is 7. The second-order valence-electron chi connectivity index (χ2n) is 5.49. The molecule has 0 spiro atoms. The van der Waals surface area contributed by atoms with Crippen molar-refractivity contribution in [2.24, 2.45) is 5.92 Å². The van der Waals surface area contributed by atoms with Gasteiger partial charge in [-0.25, -0.2) is 4.98 Å². The second-order valence-corrected chi connectivity index (χ2v) is 5.76. The van der Waals surface area contributed by atoms with Crippen LogP contribution in [0.1, 0.15) is 39.4 Å². The second kappa shape index (κ2) is 6.98. The minimum absolute atomic E-state index is 0.442. The summed E-state index contributed by atoms with van der Waals surface area (Å²) in [5.41, 5.74) is 2.11. The van der Waals surface area contributed by atoms with Gasteiger partial charge in [-0.3, -0.25) is 0 Å². The Morgan fingerprint density at radius 2 is 2.15 bits per heavy atom. The van der Waals surface area contributed by atoms with Gasteiger partial charge >= 0.3 is 0 Å². The predicted octanol–water partition coefficient (Wildman–Crippen LogP) is 4.61. The van der Waals surface area contributed by atoms with Crippen LogP contribution in [-0.4, -0.2) is 16.2 Å². The maximum Gasteiger partial charge on any atom is 0.124 e. The van der Waals surface area contributed by atoms with E-state index in [9.17, 15) is 0 Å². The van der Waals surface area contributed by atoms with Gasteiger partial charge in [0.25, 0.3) is 0 Å². The molecule has 0 unspecified atom stereocenters. The van der Waals surface area contributed by atoms with Crippen LogP contribution in [0.2, 0.25) is 0 Å². The molecule has 1 aromatic heterocycles. The fourth-order valence-corrected chi connectivity index (χ4v) is 2.41. The van der Waals surface area contributed by atoms with Crippen molar-refractivity contribution in [3.8, 4) is 5.75 Å². The van der Waals surface area contributed by atoms with E-state index in [2.05, 4.69) is 36.4 Å². The first-order valence-corrected chi connectivity index (χ1v) is 7.87. The Kier molecular flexibility index (Phi) is 5.30. The van der Waals surface area contributed by atoms with Crippen molar-refractivity contribution >= 4 is 22.6 Å². The molecular formula is C16H23ClN2O. The summed E-state index contributed by atoms with van der Waals surface area (Å²) in [6.07, 6.45) is 2.14. The highest BCUT2D eigenvalue weighted by Crippen LogP contribution is 2.24. The van der Waals surface area contributed by atoms with E-state index < -0.39 is 0 Å². The van der Waals surface area contributed by atoms with Gasteiger partial charge in [0, 0.05) is 12.6 Å². The number of alkyl halides is 1. The number of imidazole rings is 1. The van der Waals surface area contributed by atoms with Gasteiger partial charge < -0.3 is 9.30 Å². The molecular weight excluding hydrogens is 272 g/mol. The molecule has 0 saturated carbocycles. The summed E-state index contributed by atoms with van der Waals surface area (Å²) in [7, 11) is 0. The number of benzene rings is 1. The molecule has 4 heteroatoms. The average Bonchev–Trinajstić information content (AvgIpc) is 2.79. The van der Waals surface area contributed by atoms with Crippen LogP contribution >= 0.6 is 11.6 Å². The number of hydrogen-bond acceptors (Lipinski definition) is 2. The molecule has 0 aliphatic carbocycles. The molecule has 3 nitrogen and oxygen atoms in total. The quantitative estimate of drug-likeness (QED) is 0.697. The number of aryl methyl sites for hydroxylation is 1. The van der Waals surface area contributed by atoms with Crippen LogP contribution in [0.3, 0.4) is 0 Å². The molecule has 20 heavy (non-hydrogen) atoms. The van der Waals surface area contributed by atoms with Crippen molar-refractivity contribution in [1.29, 1.82) is 0 Å². The molecule has 0 aliphatic rings. The number of hydrogen-bond donors (Lipinski definition) is 0. The van der Waals surface area contributed by atoms with Gasteiger partial charge in [0.05, 0.1) is 23.5 Å². The van der Waals surface area contributed by atoms with Crippen LogP contribution in [0.4, 0.5) is 0 Å². The van der Waals surface area contributed by atoms with Crippen LogP contribution < -0.4 is 4.74 Å². The van der Waals surface area contributed by atoms with Crippen LogP contribution in [0.15, 0.2) is 18.2 Å². The highest BCUT2D eigenvalue weighted by molar-refractivity contribution is 6.16. The predicted molar refractivity (Wildman–Crippen MR) is 84.5 cm³/mol. The number of aromatic nitrogens is 2. The lowest BCUT2D eigenvalue weighted by molar-refractivity contribution is 0.318. The van der Waals surface area contributed by atoms with Crippen LogP contribution in [0.25, 0.3) is 11.0 Å². The van der Waals surface area contributed by atoms with E-state index in [1.165, 1.54) is 0 Å². The van der Waals surface area contributed by atoms with Crippen molar-refractivity contribution in [1.82, 2.24) is 9.55 Å². The van der Waals surface area contributed by atoms with Gasteiger partial charge in [-0.2, -0.15) is 0 Å². The zero-order chi connectivity index (χ0) is 14.5. The molecule has 2 aromatic rings. The summed E-state index contributed by atoms with van der Waals surface area (Å²) in [4.78, 5) is 4.63. The fourth-order valence-electron chi connectivity index (χ4n) is 2.21. The van der Waals surface area contributed by atoms with Gasteiger partial charge in [-0.1, -0.05) is 20.8 Å². The van der Waals surface area contributed by atoms with E-state index in [1.54, 1.807) is 0 Å². The Balaban J connectivity index is 2.31. The molecule has 0 saturated heterocycles. The maximum atomic E-state index is 6.03. The summed E-state index contributed by atoms with van der Waals surface area (Å²) >= 11 is 6.03. The highest BCUT2D eigenvalue weighted by atomic mass is 35.5. The highest BCUT2D eigenvalue weighted by Gasteiger charge is 2.11. The molecule has 110 valence electrons. The Labute approximate surface area is 125 Å². The average molecular weight is 295 g/mol. The molecule has 0 amide bonds. The number of halogens is 1. The van der Waals surface area contributed by atoms with Crippen molar-refractivity contribution in [2.45, 2.75) is 46.0 Å². The van der Waals surface area contributed by atoms with Crippen LogP contribution in [0, 0.1) is 5.92 Å². The summed E-state index contributed by atoms with van der Waals surface area (Å²) in [6.45, 7) is 8.27.